The van der Waals surface area contributed by atoms with Crippen molar-refractivity contribution >= 4 is 11.9 Å². The van der Waals surface area contributed by atoms with E-state index < -0.39 is 12.0 Å². The molecule has 0 bridgehead atoms. The summed E-state index contributed by atoms with van der Waals surface area (Å²) in [5.74, 6) is -0.498. The van der Waals surface area contributed by atoms with Gasteiger partial charge in [-0.2, -0.15) is 0 Å². The number of carbonyl (C=O) groups excluding carboxylic acids is 1. The van der Waals surface area contributed by atoms with E-state index in [1.807, 2.05) is 30.3 Å². The number of aliphatic carboxylic acids is 1. The molecule has 0 fully saturated rings. The minimum Gasteiger partial charge on any atom is -0.493 e. The van der Waals surface area contributed by atoms with E-state index >= 15 is 0 Å². The molecule has 0 heterocycles. The van der Waals surface area contributed by atoms with Crippen LogP contribution in [0.3, 0.4) is 0 Å². The molecular weight excluding hydrogens is 334 g/mol. The van der Waals surface area contributed by atoms with Crippen molar-refractivity contribution in [3.8, 4) is 11.5 Å². The van der Waals surface area contributed by atoms with Crippen LogP contribution < -0.4 is 9.47 Å². The normalized spacial score (nSPS) is 11.5. The molecule has 6 heteroatoms. The first-order valence-corrected chi connectivity index (χ1v) is 8.15. The Bertz CT molecular complexity index is 788. The molecule has 26 heavy (non-hydrogen) atoms. The topological polar surface area (TPSA) is 76.1 Å². The maximum atomic E-state index is 12.9. The third-order valence-corrected chi connectivity index (χ3v) is 4.31. The molecule has 0 saturated carbocycles. The van der Waals surface area contributed by atoms with E-state index in [2.05, 4.69) is 0 Å². The van der Waals surface area contributed by atoms with Gasteiger partial charge in [-0.1, -0.05) is 30.3 Å². The van der Waals surface area contributed by atoms with E-state index in [0.717, 1.165) is 5.56 Å². The summed E-state index contributed by atoms with van der Waals surface area (Å²) in [6.45, 7) is 1.77. The van der Waals surface area contributed by atoms with Crippen LogP contribution >= 0.6 is 0 Å². The minimum atomic E-state index is -1.05. The third-order valence-electron chi connectivity index (χ3n) is 4.31. The molecule has 0 aliphatic carbocycles. The number of rotatable bonds is 7. The number of hydrogen-bond donors (Lipinski definition) is 1. The van der Waals surface area contributed by atoms with Crippen molar-refractivity contribution in [1.29, 1.82) is 0 Å². The van der Waals surface area contributed by atoms with Gasteiger partial charge in [0.1, 0.15) is 6.04 Å². The van der Waals surface area contributed by atoms with Gasteiger partial charge < -0.3 is 19.5 Å². The fourth-order valence-corrected chi connectivity index (χ4v) is 2.77. The van der Waals surface area contributed by atoms with Gasteiger partial charge in [-0.05, 0) is 30.2 Å². The van der Waals surface area contributed by atoms with E-state index in [4.69, 9.17) is 9.47 Å². The lowest BCUT2D eigenvalue weighted by Gasteiger charge is -2.26. The number of hydrogen-bond acceptors (Lipinski definition) is 4. The Morgan fingerprint density at radius 2 is 1.65 bits per heavy atom. The van der Waals surface area contributed by atoms with E-state index in [9.17, 15) is 14.7 Å². The summed E-state index contributed by atoms with van der Waals surface area (Å²) in [4.78, 5) is 25.9. The van der Waals surface area contributed by atoms with Gasteiger partial charge in [-0.25, -0.2) is 4.79 Å². The van der Waals surface area contributed by atoms with Crippen LogP contribution in [-0.2, 0) is 11.2 Å². The second kappa shape index (κ2) is 8.38. The Labute approximate surface area is 153 Å². The SMILES string of the molecule is COc1cc(C)c(C(=O)N(C)C(Cc2ccccc2)C(=O)O)cc1OC. The lowest BCUT2D eigenvalue weighted by Crippen LogP contribution is -2.44. The second-order valence-electron chi connectivity index (χ2n) is 5.98. The summed E-state index contributed by atoms with van der Waals surface area (Å²) in [5.41, 5.74) is 1.91. The van der Waals surface area contributed by atoms with Gasteiger partial charge in [0.05, 0.1) is 14.2 Å². The van der Waals surface area contributed by atoms with E-state index in [-0.39, 0.29) is 12.3 Å². The third kappa shape index (κ3) is 4.14. The lowest BCUT2D eigenvalue weighted by atomic mass is 10.0. The molecule has 1 unspecified atom stereocenters. The van der Waals surface area contributed by atoms with Crippen LogP contribution in [0.15, 0.2) is 42.5 Å². The number of aryl methyl sites for hydroxylation is 1. The Morgan fingerprint density at radius 3 is 2.19 bits per heavy atom. The average Bonchev–Trinajstić information content (AvgIpc) is 2.65. The smallest absolute Gasteiger partial charge is 0.326 e. The number of likely N-dealkylation sites (N-methyl/N-ethyl adjacent to an activating group) is 1. The highest BCUT2D eigenvalue weighted by molar-refractivity contribution is 5.98. The molecule has 138 valence electrons. The molecule has 0 radical (unpaired) electrons. The van der Waals surface area contributed by atoms with E-state index in [1.54, 1.807) is 19.1 Å². The van der Waals surface area contributed by atoms with Crippen LogP contribution in [-0.4, -0.2) is 49.2 Å². The fraction of sp³-hybridized carbons (Fsp3) is 0.300. The first kappa shape index (κ1) is 19.3. The molecule has 0 aliphatic rings. The number of amides is 1. The molecule has 6 nitrogen and oxygen atoms in total. The van der Waals surface area contributed by atoms with Crippen molar-refractivity contribution in [2.45, 2.75) is 19.4 Å². The highest BCUT2D eigenvalue weighted by Gasteiger charge is 2.29. The largest absolute Gasteiger partial charge is 0.493 e. The van der Waals surface area contributed by atoms with Crippen LogP contribution in [0, 0.1) is 6.92 Å². The molecule has 1 amide bonds. The number of carboxylic acids is 1. The Kier molecular flexibility index (Phi) is 6.22. The second-order valence-corrected chi connectivity index (χ2v) is 5.98. The Morgan fingerprint density at radius 1 is 1.08 bits per heavy atom. The van der Waals surface area contributed by atoms with Crippen LogP contribution in [0.1, 0.15) is 21.5 Å². The molecule has 0 saturated heterocycles. The lowest BCUT2D eigenvalue weighted by molar-refractivity contribution is -0.141. The van der Waals surface area contributed by atoms with Gasteiger partial charge in [0, 0.05) is 19.0 Å². The van der Waals surface area contributed by atoms with Crippen molar-refractivity contribution < 1.29 is 24.2 Å². The summed E-state index contributed by atoms with van der Waals surface area (Å²) in [7, 11) is 4.51. The van der Waals surface area contributed by atoms with Crippen molar-refractivity contribution in [3.05, 3.63) is 59.2 Å². The molecular formula is C20H23NO5. The standard InChI is InChI=1S/C20H23NO5/c1-13-10-17(25-3)18(26-4)12-15(13)19(22)21(2)16(20(23)24)11-14-8-6-5-7-9-14/h5-10,12,16H,11H2,1-4H3,(H,23,24). The summed E-state index contributed by atoms with van der Waals surface area (Å²) < 4.78 is 10.5. The number of methoxy groups -OCH3 is 2. The predicted octanol–water partition coefficient (Wildman–Crippen LogP) is 2.78. The first-order chi connectivity index (χ1) is 12.4. The minimum absolute atomic E-state index is 0.227. The molecule has 2 aromatic carbocycles. The van der Waals surface area contributed by atoms with Crippen molar-refractivity contribution in [2.24, 2.45) is 0 Å². The molecule has 2 rings (SSSR count). The van der Waals surface area contributed by atoms with Gasteiger partial charge >= 0.3 is 5.97 Å². The molecule has 1 N–H and O–H groups in total. The fourth-order valence-electron chi connectivity index (χ4n) is 2.77. The zero-order valence-corrected chi connectivity index (χ0v) is 15.4. The number of carbonyl (C=O) groups is 2. The quantitative estimate of drug-likeness (QED) is 0.825. The highest BCUT2D eigenvalue weighted by Crippen LogP contribution is 2.31. The predicted molar refractivity (Wildman–Crippen MR) is 97.9 cm³/mol. The van der Waals surface area contributed by atoms with Crippen LogP contribution in [0.2, 0.25) is 0 Å². The maximum absolute atomic E-state index is 12.9. The Hall–Kier alpha value is -3.02. The molecule has 1 atom stereocenters. The van der Waals surface area contributed by atoms with Crippen LogP contribution in [0.25, 0.3) is 0 Å². The van der Waals surface area contributed by atoms with Crippen LogP contribution in [0.4, 0.5) is 0 Å². The van der Waals surface area contributed by atoms with Gasteiger partial charge in [0.2, 0.25) is 0 Å². The summed E-state index contributed by atoms with van der Waals surface area (Å²) in [6.07, 6.45) is 0.227. The van der Waals surface area contributed by atoms with Crippen molar-refractivity contribution in [3.63, 3.8) is 0 Å². The molecule has 0 aromatic heterocycles. The number of ether oxygens (including phenoxy) is 2. The number of nitrogens with zero attached hydrogens (tertiary/aromatic N) is 1. The summed E-state index contributed by atoms with van der Waals surface area (Å²) in [6, 6.07) is 11.5. The van der Waals surface area contributed by atoms with Gasteiger partial charge in [0.15, 0.2) is 11.5 Å². The molecule has 2 aromatic rings. The van der Waals surface area contributed by atoms with Gasteiger partial charge in [-0.15, -0.1) is 0 Å². The molecule has 0 spiro atoms. The summed E-state index contributed by atoms with van der Waals surface area (Å²) >= 11 is 0. The van der Waals surface area contributed by atoms with Crippen molar-refractivity contribution in [2.75, 3.05) is 21.3 Å². The number of carboxylic acid groups (broad SMARTS) is 1. The van der Waals surface area contributed by atoms with Crippen LogP contribution in [0.5, 0.6) is 11.5 Å². The molecule has 0 aliphatic heterocycles. The maximum Gasteiger partial charge on any atom is 0.326 e. The van der Waals surface area contributed by atoms with E-state index in [1.165, 1.54) is 26.2 Å². The monoisotopic (exact) mass is 357 g/mol. The Balaban J connectivity index is 2.33. The average molecular weight is 357 g/mol. The van der Waals surface area contributed by atoms with E-state index in [0.29, 0.717) is 22.6 Å². The highest BCUT2D eigenvalue weighted by atomic mass is 16.5. The zero-order chi connectivity index (χ0) is 19.3. The first-order valence-electron chi connectivity index (χ1n) is 8.15. The zero-order valence-electron chi connectivity index (χ0n) is 15.4. The summed E-state index contributed by atoms with van der Waals surface area (Å²) in [5, 5.41) is 9.61. The van der Waals surface area contributed by atoms with Gasteiger partial charge in [-0.3, -0.25) is 4.79 Å². The van der Waals surface area contributed by atoms with Crippen molar-refractivity contribution in [1.82, 2.24) is 4.90 Å². The number of benzene rings is 2. The van der Waals surface area contributed by atoms with Gasteiger partial charge in [0.25, 0.3) is 5.91 Å².